The van der Waals surface area contributed by atoms with E-state index >= 15 is 0 Å². The average Bonchev–Trinajstić information content (AvgIpc) is 2.37. The minimum absolute atomic E-state index is 1.05. The molecule has 0 aliphatic heterocycles. The Morgan fingerprint density at radius 3 is 1.05 bits per heavy atom. The van der Waals surface area contributed by atoms with E-state index in [1.807, 2.05) is 0 Å². The fraction of sp³-hybridized carbons (Fsp3) is 0.857. The Hall–Kier alpha value is 0.0100. The van der Waals surface area contributed by atoms with Gasteiger partial charge in [0.2, 0.25) is 0 Å². The van der Waals surface area contributed by atoms with Gasteiger partial charge in [-0.2, -0.15) is 0 Å². The van der Waals surface area contributed by atoms with Crippen molar-refractivity contribution in [3.8, 4) is 0 Å². The third-order valence-electron chi connectivity index (χ3n) is 3.09. The predicted molar refractivity (Wildman–Crippen MR) is 90.2 cm³/mol. The van der Waals surface area contributed by atoms with Gasteiger partial charge in [0.15, 0.2) is 0 Å². The van der Waals surface area contributed by atoms with E-state index in [0.717, 1.165) is 26.2 Å². The van der Waals surface area contributed by atoms with E-state index in [9.17, 15) is 0 Å². The van der Waals surface area contributed by atoms with E-state index in [0.29, 0.717) is 0 Å². The van der Waals surface area contributed by atoms with Gasteiger partial charge >= 0.3 is 121 Å². The molecule has 0 bridgehead atoms. The van der Waals surface area contributed by atoms with Crippen LogP contribution in [0.15, 0.2) is 0 Å². The van der Waals surface area contributed by atoms with Gasteiger partial charge in [-0.1, -0.05) is 0 Å². The van der Waals surface area contributed by atoms with E-state index in [4.69, 9.17) is 0 Å². The van der Waals surface area contributed by atoms with Gasteiger partial charge in [0, 0.05) is 0 Å². The zero-order valence-corrected chi connectivity index (χ0v) is 15.0. The van der Waals surface area contributed by atoms with Crippen molar-refractivity contribution in [3.05, 3.63) is 0 Å². The number of nitrogens with zero attached hydrogens (tertiary/aromatic N) is 4. The van der Waals surface area contributed by atoms with Crippen molar-refractivity contribution in [2.75, 3.05) is 54.4 Å². The number of rotatable bonds is 8. The molecule has 0 amide bonds. The van der Waals surface area contributed by atoms with Gasteiger partial charge < -0.3 is 0 Å². The fourth-order valence-corrected chi connectivity index (χ4v) is 3.44. The molecule has 0 saturated heterocycles. The summed E-state index contributed by atoms with van der Waals surface area (Å²) in [5, 5.41) is 0. The summed E-state index contributed by atoms with van der Waals surface area (Å²) in [6, 6.07) is 0. The van der Waals surface area contributed by atoms with Crippen molar-refractivity contribution in [2.45, 2.75) is 27.7 Å². The van der Waals surface area contributed by atoms with Crippen LogP contribution in [-0.4, -0.2) is 85.1 Å². The van der Waals surface area contributed by atoms with Crippen LogP contribution in [0.3, 0.4) is 0 Å². The molecule has 0 heterocycles. The van der Waals surface area contributed by atoms with Gasteiger partial charge in [-0.25, -0.2) is 0 Å². The molecule has 0 spiro atoms. The second-order valence-electron chi connectivity index (χ2n) is 4.85. The summed E-state index contributed by atoms with van der Waals surface area (Å²) in [7, 11) is 9.82. The monoisotopic (exact) mass is 287 g/mol. The summed E-state index contributed by atoms with van der Waals surface area (Å²) in [4.78, 5) is 9.33. The maximum atomic E-state index is 2.43. The summed E-state index contributed by atoms with van der Waals surface area (Å²) >= 11 is 0. The zero-order chi connectivity index (χ0) is 15.0. The zero-order valence-electron chi connectivity index (χ0n) is 14.1. The standard InChI is InChI=1S/C14H32N4P/c1-9-17(10-2)13(15(5)6)19-14(16(7)8)18(11-3)12-4/h9-12H2,1-8H3/q+1. The van der Waals surface area contributed by atoms with Crippen LogP contribution in [0.5, 0.6) is 0 Å². The van der Waals surface area contributed by atoms with Crippen LogP contribution < -0.4 is 0 Å². The topological polar surface area (TPSA) is 13.0 Å². The van der Waals surface area contributed by atoms with Crippen LogP contribution in [-0.2, 0) is 0 Å². The number of hydrogen-bond donors (Lipinski definition) is 0. The molecule has 112 valence electrons. The van der Waals surface area contributed by atoms with Gasteiger partial charge in [0.1, 0.15) is 0 Å². The van der Waals surface area contributed by atoms with E-state index in [1.165, 1.54) is 18.9 Å². The first-order valence-electron chi connectivity index (χ1n) is 7.22. The summed E-state index contributed by atoms with van der Waals surface area (Å²) in [5.41, 5.74) is 2.72. The Labute approximate surface area is 121 Å². The summed E-state index contributed by atoms with van der Waals surface area (Å²) in [6.07, 6.45) is 0. The minimum atomic E-state index is 1.05. The van der Waals surface area contributed by atoms with Crippen molar-refractivity contribution < 1.29 is 0 Å². The molecule has 0 radical (unpaired) electrons. The van der Waals surface area contributed by atoms with Crippen LogP contribution in [0.25, 0.3) is 0 Å². The molecule has 0 rings (SSSR count). The van der Waals surface area contributed by atoms with E-state index < -0.39 is 0 Å². The first kappa shape index (κ1) is 19.0. The van der Waals surface area contributed by atoms with E-state index in [1.54, 1.807) is 0 Å². The molecule has 0 aliphatic rings. The van der Waals surface area contributed by atoms with Crippen LogP contribution in [0.1, 0.15) is 27.7 Å². The molecule has 5 heteroatoms. The van der Waals surface area contributed by atoms with Gasteiger partial charge in [-0.3, -0.25) is 0 Å². The quantitative estimate of drug-likeness (QED) is 0.632. The Kier molecular flexibility index (Phi) is 9.85. The molecular weight excluding hydrogens is 255 g/mol. The third-order valence-corrected chi connectivity index (χ3v) is 4.86. The molecule has 0 saturated carbocycles. The van der Waals surface area contributed by atoms with Crippen LogP contribution in [0, 0.1) is 0 Å². The van der Waals surface area contributed by atoms with Gasteiger partial charge in [0.05, 0.1) is 0 Å². The average molecular weight is 287 g/mol. The molecule has 0 N–H and O–H groups in total. The molecule has 0 aliphatic carbocycles. The molecule has 4 nitrogen and oxygen atoms in total. The second kappa shape index (κ2) is 9.84. The van der Waals surface area contributed by atoms with Gasteiger partial charge in [-0.15, -0.1) is 0 Å². The van der Waals surface area contributed by atoms with Crippen molar-refractivity contribution in [3.63, 3.8) is 0 Å². The van der Waals surface area contributed by atoms with E-state index in [-0.39, 0.29) is 0 Å². The van der Waals surface area contributed by atoms with Crippen LogP contribution in [0.2, 0.25) is 0 Å². The summed E-state index contributed by atoms with van der Waals surface area (Å²) in [6.45, 7) is 13.1. The Balaban J connectivity index is 5.80. The molecule has 0 atom stereocenters. The molecule has 0 fully saturated rings. The molecular formula is C14H32N4P+. The molecule has 0 unspecified atom stereocenters. The van der Waals surface area contributed by atoms with Crippen LogP contribution >= 0.6 is 7.83 Å². The van der Waals surface area contributed by atoms with Crippen molar-refractivity contribution >= 4 is 18.9 Å². The molecule has 19 heavy (non-hydrogen) atoms. The first-order valence-corrected chi connectivity index (χ1v) is 8.12. The van der Waals surface area contributed by atoms with Crippen molar-refractivity contribution in [1.82, 2.24) is 19.6 Å². The molecule has 0 aromatic carbocycles. The third kappa shape index (κ3) is 5.88. The summed E-state index contributed by atoms with van der Waals surface area (Å²) in [5.74, 6) is 0. The van der Waals surface area contributed by atoms with Crippen molar-refractivity contribution in [2.24, 2.45) is 0 Å². The van der Waals surface area contributed by atoms with Gasteiger partial charge in [0.25, 0.3) is 0 Å². The summed E-state index contributed by atoms with van der Waals surface area (Å²) < 4.78 is 0. The maximum absolute atomic E-state index is 2.43. The SMILES string of the molecule is CCN(CC)C(=[P+]=C(N(C)C)N(CC)CC)N(C)C. The second-order valence-corrected chi connectivity index (χ2v) is 5.87. The molecule has 0 aromatic rings. The Morgan fingerprint density at radius 1 is 0.632 bits per heavy atom. The normalized spacial score (nSPS) is 11.8. The van der Waals surface area contributed by atoms with Crippen molar-refractivity contribution in [1.29, 1.82) is 0 Å². The Morgan fingerprint density at radius 2 is 0.895 bits per heavy atom. The van der Waals surface area contributed by atoms with Crippen LogP contribution in [0.4, 0.5) is 0 Å². The van der Waals surface area contributed by atoms with Gasteiger partial charge in [-0.05, 0) is 0 Å². The Bertz CT molecular complexity index is 283. The predicted octanol–water partition coefficient (Wildman–Crippen LogP) is 1.91. The molecule has 0 aromatic heterocycles. The number of hydrogen-bond acceptors (Lipinski definition) is 0. The fourth-order valence-electron chi connectivity index (χ4n) is 2.01. The first-order chi connectivity index (χ1) is 8.92. The van der Waals surface area contributed by atoms with E-state index in [2.05, 4.69) is 75.5 Å².